The third kappa shape index (κ3) is 5.72. The van der Waals surface area contributed by atoms with Gasteiger partial charge in [0.1, 0.15) is 6.61 Å². The van der Waals surface area contributed by atoms with Crippen LogP contribution in [-0.4, -0.2) is 73.0 Å². The van der Waals surface area contributed by atoms with Gasteiger partial charge in [-0.2, -0.15) is 0 Å². The fourth-order valence-corrected chi connectivity index (χ4v) is 2.25. The Bertz CT molecular complexity index is 973. The van der Waals surface area contributed by atoms with Crippen molar-refractivity contribution in [2.24, 2.45) is 0 Å². The summed E-state index contributed by atoms with van der Waals surface area (Å²) in [5.74, 6) is -7.20. The minimum Gasteiger partial charge on any atom is -0.504 e. The van der Waals surface area contributed by atoms with E-state index in [1.807, 2.05) is 5.32 Å². The molecule has 1 amide bonds. The lowest BCUT2D eigenvalue weighted by atomic mass is 10.2. The van der Waals surface area contributed by atoms with Gasteiger partial charge in [0.05, 0.1) is 17.7 Å². The zero-order valence-electron chi connectivity index (χ0n) is 15.5. The third-order valence-corrected chi connectivity index (χ3v) is 3.77. The normalized spacial score (nSPS) is 11.4. The highest BCUT2D eigenvalue weighted by Gasteiger charge is 2.22. The summed E-state index contributed by atoms with van der Waals surface area (Å²) in [5, 5.41) is 67.1. The van der Waals surface area contributed by atoms with Crippen molar-refractivity contribution in [2.75, 3.05) is 13.2 Å². The van der Waals surface area contributed by atoms with Gasteiger partial charge in [-0.1, -0.05) is 0 Å². The summed E-state index contributed by atoms with van der Waals surface area (Å²) in [6.45, 7) is -1.19. The molecule has 13 heteroatoms. The number of nitrogens with one attached hydrogen (secondary N) is 1. The van der Waals surface area contributed by atoms with Crippen molar-refractivity contribution in [1.29, 1.82) is 0 Å². The van der Waals surface area contributed by atoms with Gasteiger partial charge in [-0.15, -0.1) is 0 Å². The lowest BCUT2D eigenvalue weighted by Crippen LogP contribution is -2.37. The largest absolute Gasteiger partial charge is 0.504 e. The van der Waals surface area contributed by atoms with Crippen LogP contribution in [0.4, 0.5) is 4.79 Å². The molecule has 31 heavy (non-hydrogen) atoms. The zero-order chi connectivity index (χ0) is 23.3. The first-order chi connectivity index (χ1) is 14.5. The van der Waals surface area contributed by atoms with Crippen molar-refractivity contribution in [3.8, 4) is 34.5 Å². The summed E-state index contributed by atoms with van der Waals surface area (Å²) in [5.41, 5.74) is -0.759. The second-order valence-electron chi connectivity index (χ2n) is 6.04. The number of amides is 1. The summed E-state index contributed by atoms with van der Waals surface area (Å²) < 4.78 is 9.89. The molecule has 8 N–H and O–H groups in total. The van der Waals surface area contributed by atoms with Crippen LogP contribution in [0, 0.1) is 0 Å². The molecule has 0 aliphatic carbocycles. The number of esters is 2. The summed E-state index contributed by atoms with van der Waals surface area (Å²) >= 11 is 0. The number of rotatable bonds is 7. The first-order valence-corrected chi connectivity index (χ1v) is 8.34. The Morgan fingerprint density at radius 1 is 0.774 bits per heavy atom. The number of phenolic OH excluding ortho intramolecular Hbond substituents is 6. The molecule has 2 aromatic carbocycles. The predicted octanol–water partition coefficient (Wildman–Crippen LogP) is 0.570. The molecule has 0 fully saturated rings. The maximum absolute atomic E-state index is 12.2. The van der Waals surface area contributed by atoms with E-state index in [2.05, 4.69) is 0 Å². The summed E-state index contributed by atoms with van der Waals surface area (Å²) in [7, 11) is 0. The summed E-state index contributed by atoms with van der Waals surface area (Å²) in [4.78, 5) is 35.0. The van der Waals surface area contributed by atoms with Crippen LogP contribution < -0.4 is 5.32 Å². The van der Waals surface area contributed by atoms with E-state index < -0.39 is 77.3 Å². The lowest BCUT2D eigenvalue weighted by Gasteiger charge is -2.18. The fraction of sp³-hybridized carbons (Fsp3) is 0.167. The van der Waals surface area contributed by atoms with Crippen molar-refractivity contribution < 1.29 is 59.6 Å². The van der Waals surface area contributed by atoms with Crippen molar-refractivity contribution in [3.63, 3.8) is 0 Å². The minimum atomic E-state index is -1.47. The first kappa shape index (κ1) is 22.7. The van der Waals surface area contributed by atoms with Crippen molar-refractivity contribution >= 4 is 18.0 Å². The van der Waals surface area contributed by atoms with Gasteiger partial charge in [-0.05, 0) is 24.3 Å². The highest BCUT2D eigenvalue weighted by Crippen LogP contribution is 2.36. The van der Waals surface area contributed by atoms with Crippen LogP contribution in [0.3, 0.4) is 0 Å². The van der Waals surface area contributed by atoms with Crippen molar-refractivity contribution in [1.82, 2.24) is 5.32 Å². The van der Waals surface area contributed by atoms with Gasteiger partial charge in [0, 0.05) is 0 Å². The molecule has 0 aromatic heterocycles. The minimum absolute atomic E-state index is 0.363. The van der Waals surface area contributed by atoms with Gasteiger partial charge < -0.3 is 50.5 Å². The van der Waals surface area contributed by atoms with Crippen molar-refractivity contribution in [3.05, 3.63) is 35.4 Å². The van der Waals surface area contributed by atoms with Gasteiger partial charge in [0.15, 0.2) is 40.6 Å². The molecule has 1 unspecified atom stereocenters. The number of phenols is 6. The number of carbonyl (C=O) groups excluding carboxylic acids is 2. The molecule has 2 aromatic rings. The van der Waals surface area contributed by atoms with Gasteiger partial charge in [0.25, 0.3) is 0 Å². The van der Waals surface area contributed by atoms with E-state index >= 15 is 0 Å². The molecule has 0 aliphatic heterocycles. The van der Waals surface area contributed by atoms with E-state index in [-0.39, 0.29) is 5.56 Å². The Hall–Kier alpha value is -4.55. The van der Waals surface area contributed by atoms with E-state index in [9.17, 15) is 45.0 Å². The molecule has 0 radical (unpaired) electrons. The van der Waals surface area contributed by atoms with Gasteiger partial charge in [-0.25, -0.2) is 14.4 Å². The molecule has 0 bridgehead atoms. The number of aromatic hydroxyl groups is 6. The van der Waals surface area contributed by atoms with Gasteiger partial charge in [-0.3, -0.25) is 0 Å². The number of hydrogen-bond donors (Lipinski definition) is 8. The summed E-state index contributed by atoms with van der Waals surface area (Å²) in [6, 6.07) is 3.17. The zero-order valence-corrected chi connectivity index (χ0v) is 15.5. The Labute approximate surface area is 172 Å². The number of hydrogen-bond acceptors (Lipinski definition) is 11. The molecule has 0 heterocycles. The molecule has 166 valence electrons. The number of ether oxygens (including phenoxy) is 2. The average Bonchev–Trinajstić information content (AvgIpc) is 2.70. The first-order valence-electron chi connectivity index (χ1n) is 8.34. The molecule has 1 atom stereocenters. The fourth-order valence-electron chi connectivity index (χ4n) is 2.25. The molecule has 0 aliphatic rings. The molecule has 0 spiro atoms. The predicted molar refractivity (Wildman–Crippen MR) is 98.4 cm³/mol. The second kappa shape index (κ2) is 9.30. The highest BCUT2D eigenvalue weighted by molar-refractivity contribution is 5.92. The lowest BCUT2D eigenvalue weighted by molar-refractivity contribution is -0.00000973. The Kier molecular flexibility index (Phi) is 6.82. The van der Waals surface area contributed by atoms with E-state index in [1.54, 1.807) is 0 Å². The van der Waals surface area contributed by atoms with Crippen LogP contribution in [0.5, 0.6) is 34.5 Å². The van der Waals surface area contributed by atoms with E-state index in [0.717, 1.165) is 24.3 Å². The standard InChI is InChI=1S/C18H17NO12/c20-10-1-7(2-11(21)14(10)24)16(26)30-6-9(5-19-18(28)29)31-17(27)8-3-12(22)15(25)13(23)4-8/h1-4,9,19-25H,5-6H2,(H,28,29). The van der Waals surface area contributed by atoms with Crippen LogP contribution in [0.1, 0.15) is 20.7 Å². The quantitative estimate of drug-likeness (QED) is 0.219. The second-order valence-corrected chi connectivity index (χ2v) is 6.04. The van der Waals surface area contributed by atoms with E-state index in [0.29, 0.717) is 0 Å². The van der Waals surface area contributed by atoms with Crippen LogP contribution >= 0.6 is 0 Å². The average molecular weight is 439 g/mol. The summed E-state index contributed by atoms with van der Waals surface area (Å²) in [6.07, 6.45) is -2.84. The van der Waals surface area contributed by atoms with E-state index in [4.69, 9.17) is 14.6 Å². The molecule has 13 nitrogen and oxygen atoms in total. The molecule has 0 saturated carbocycles. The number of carbonyl (C=O) groups is 3. The number of benzene rings is 2. The topological polar surface area (TPSA) is 223 Å². The van der Waals surface area contributed by atoms with Crippen LogP contribution in [-0.2, 0) is 9.47 Å². The smallest absolute Gasteiger partial charge is 0.404 e. The maximum Gasteiger partial charge on any atom is 0.404 e. The maximum atomic E-state index is 12.2. The highest BCUT2D eigenvalue weighted by atomic mass is 16.6. The monoisotopic (exact) mass is 439 g/mol. The van der Waals surface area contributed by atoms with Gasteiger partial charge in [0.2, 0.25) is 0 Å². The Balaban J connectivity index is 2.12. The molecule has 0 saturated heterocycles. The Morgan fingerprint density at radius 3 is 1.61 bits per heavy atom. The van der Waals surface area contributed by atoms with Gasteiger partial charge >= 0.3 is 18.0 Å². The van der Waals surface area contributed by atoms with Crippen LogP contribution in [0.2, 0.25) is 0 Å². The SMILES string of the molecule is O=C(O)NCC(COC(=O)c1cc(O)c(O)c(O)c1)OC(=O)c1cc(O)c(O)c(O)c1. The van der Waals surface area contributed by atoms with E-state index in [1.165, 1.54) is 0 Å². The molecule has 2 rings (SSSR count). The van der Waals surface area contributed by atoms with Crippen molar-refractivity contribution in [2.45, 2.75) is 6.10 Å². The number of carboxylic acid groups (broad SMARTS) is 1. The molecular weight excluding hydrogens is 422 g/mol. The third-order valence-electron chi connectivity index (χ3n) is 3.77. The van der Waals surface area contributed by atoms with Crippen LogP contribution in [0.25, 0.3) is 0 Å². The molecular formula is C18H17NO12. The van der Waals surface area contributed by atoms with Crippen LogP contribution in [0.15, 0.2) is 24.3 Å². The Morgan fingerprint density at radius 2 is 1.19 bits per heavy atom.